The van der Waals surface area contributed by atoms with Crippen LogP contribution < -0.4 is 16.0 Å². The van der Waals surface area contributed by atoms with Crippen LogP contribution in [0.3, 0.4) is 0 Å². The van der Waals surface area contributed by atoms with E-state index in [1.54, 1.807) is 31.2 Å². The van der Waals surface area contributed by atoms with Gasteiger partial charge in [-0.3, -0.25) is 14.4 Å². The molecule has 1 aromatic rings. The quantitative estimate of drug-likeness (QED) is 0.769. The van der Waals surface area contributed by atoms with Gasteiger partial charge in [0.1, 0.15) is 0 Å². The lowest BCUT2D eigenvalue weighted by Crippen LogP contribution is -2.24. The highest BCUT2D eigenvalue weighted by Crippen LogP contribution is 2.16. The number of hydrogen-bond acceptors (Lipinski definition) is 3. The number of rotatable bonds is 4. The molecule has 20 heavy (non-hydrogen) atoms. The Balaban J connectivity index is 1.91. The molecule has 6 heteroatoms. The Hall–Kier alpha value is -2.37. The van der Waals surface area contributed by atoms with Crippen LogP contribution in [0.1, 0.15) is 19.8 Å². The van der Waals surface area contributed by atoms with E-state index >= 15 is 0 Å². The normalized spacial score (nSPS) is 17.4. The minimum absolute atomic E-state index is 0.0580. The SMILES string of the molecule is CCC(=O)Nc1ccc(NC(=O)C2CNC(=O)C2)cc1. The summed E-state index contributed by atoms with van der Waals surface area (Å²) >= 11 is 0. The Labute approximate surface area is 116 Å². The average molecular weight is 275 g/mol. The Bertz CT molecular complexity index is 525. The van der Waals surface area contributed by atoms with Gasteiger partial charge < -0.3 is 16.0 Å². The van der Waals surface area contributed by atoms with Gasteiger partial charge in [-0.05, 0) is 24.3 Å². The van der Waals surface area contributed by atoms with Crippen LogP contribution in [0.15, 0.2) is 24.3 Å². The van der Waals surface area contributed by atoms with Crippen LogP contribution in [0.5, 0.6) is 0 Å². The molecule has 6 nitrogen and oxygen atoms in total. The van der Waals surface area contributed by atoms with Gasteiger partial charge in [0.25, 0.3) is 0 Å². The first-order valence-electron chi connectivity index (χ1n) is 6.56. The molecule has 2 rings (SSSR count). The molecule has 1 aliphatic heterocycles. The van der Waals surface area contributed by atoms with E-state index in [1.807, 2.05) is 0 Å². The van der Waals surface area contributed by atoms with Crippen molar-refractivity contribution in [3.8, 4) is 0 Å². The number of carbonyl (C=O) groups is 3. The van der Waals surface area contributed by atoms with E-state index in [9.17, 15) is 14.4 Å². The summed E-state index contributed by atoms with van der Waals surface area (Å²) in [5.74, 6) is -0.643. The van der Waals surface area contributed by atoms with Gasteiger partial charge in [-0.15, -0.1) is 0 Å². The third-order valence-electron chi connectivity index (χ3n) is 3.11. The van der Waals surface area contributed by atoms with Crippen LogP contribution >= 0.6 is 0 Å². The summed E-state index contributed by atoms with van der Waals surface area (Å²) in [6.45, 7) is 2.16. The van der Waals surface area contributed by atoms with E-state index in [4.69, 9.17) is 0 Å². The van der Waals surface area contributed by atoms with E-state index in [-0.39, 0.29) is 30.1 Å². The van der Waals surface area contributed by atoms with Gasteiger partial charge in [0.2, 0.25) is 17.7 Å². The van der Waals surface area contributed by atoms with E-state index in [0.29, 0.717) is 24.3 Å². The molecule has 1 aliphatic rings. The number of benzene rings is 1. The maximum atomic E-state index is 11.9. The van der Waals surface area contributed by atoms with Crippen molar-refractivity contribution >= 4 is 29.1 Å². The maximum Gasteiger partial charge on any atom is 0.229 e. The molecule has 1 fully saturated rings. The highest BCUT2D eigenvalue weighted by Gasteiger charge is 2.27. The highest BCUT2D eigenvalue weighted by atomic mass is 16.2. The lowest BCUT2D eigenvalue weighted by atomic mass is 10.1. The Kier molecular flexibility index (Phi) is 4.34. The van der Waals surface area contributed by atoms with E-state index in [0.717, 1.165) is 0 Å². The lowest BCUT2D eigenvalue weighted by Gasteiger charge is -2.10. The van der Waals surface area contributed by atoms with Gasteiger partial charge >= 0.3 is 0 Å². The summed E-state index contributed by atoms with van der Waals surface area (Å²) < 4.78 is 0. The number of anilines is 2. The van der Waals surface area contributed by atoms with Gasteiger partial charge in [-0.1, -0.05) is 6.92 Å². The molecule has 1 unspecified atom stereocenters. The predicted octanol–water partition coefficient (Wildman–Crippen LogP) is 1.11. The highest BCUT2D eigenvalue weighted by molar-refractivity contribution is 5.97. The number of carbonyl (C=O) groups excluding carboxylic acids is 3. The fourth-order valence-electron chi connectivity index (χ4n) is 1.92. The third kappa shape index (κ3) is 3.57. The smallest absolute Gasteiger partial charge is 0.229 e. The standard InChI is InChI=1S/C14H17N3O3/c1-2-12(18)16-10-3-5-11(6-4-10)17-14(20)9-7-13(19)15-8-9/h3-6,9H,2,7-8H2,1H3,(H,15,19)(H,16,18)(H,17,20). The van der Waals surface area contributed by atoms with Gasteiger partial charge in [-0.2, -0.15) is 0 Å². The van der Waals surface area contributed by atoms with E-state index in [2.05, 4.69) is 16.0 Å². The lowest BCUT2D eigenvalue weighted by molar-refractivity contribution is -0.123. The summed E-state index contributed by atoms with van der Waals surface area (Å²) in [6, 6.07) is 6.88. The largest absolute Gasteiger partial charge is 0.355 e. The zero-order chi connectivity index (χ0) is 14.5. The maximum absolute atomic E-state index is 11.9. The van der Waals surface area contributed by atoms with Crippen LogP contribution in [0.25, 0.3) is 0 Å². The Morgan fingerprint density at radius 1 is 1.20 bits per heavy atom. The summed E-state index contributed by atoms with van der Waals surface area (Å²) in [5, 5.41) is 8.11. The zero-order valence-electron chi connectivity index (χ0n) is 11.2. The topological polar surface area (TPSA) is 87.3 Å². The van der Waals surface area contributed by atoms with Crippen LogP contribution in [-0.4, -0.2) is 24.3 Å². The monoisotopic (exact) mass is 275 g/mol. The molecular formula is C14H17N3O3. The van der Waals surface area contributed by atoms with Crippen molar-refractivity contribution in [3.05, 3.63) is 24.3 Å². The minimum Gasteiger partial charge on any atom is -0.355 e. The van der Waals surface area contributed by atoms with Crippen LogP contribution in [0.4, 0.5) is 11.4 Å². The first kappa shape index (κ1) is 14.0. The van der Waals surface area contributed by atoms with E-state index in [1.165, 1.54) is 0 Å². The minimum atomic E-state index is -0.318. The Morgan fingerprint density at radius 3 is 2.30 bits per heavy atom. The fraction of sp³-hybridized carbons (Fsp3) is 0.357. The first-order valence-corrected chi connectivity index (χ1v) is 6.56. The molecular weight excluding hydrogens is 258 g/mol. The van der Waals surface area contributed by atoms with Crippen LogP contribution in [0.2, 0.25) is 0 Å². The third-order valence-corrected chi connectivity index (χ3v) is 3.11. The summed E-state index contributed by atoms with van der Waals surface area (Å²) in [5.41, 5.74) is 1.33. The molecule has 3 N–H and O–H groups in total. The van der Waals surface area contributed by atoms with Crippen molar-refractivity contribution in [2.45, 2.75) is 19.8 Å². The molecule has 0 radical (unpaired) electrons. The fourth-order valence-corrected chi connectivity index (χ4v) is 1.92. The van der Waals surface area contributed by atoms with Gasteiger partial charge in [-0.25, -0.2) is 0 Å². The van der Waals surface area contributed by atoms with E-state index < -0.39 is 0 Å². The summed E-state index contributed by atoms with van der Waals surface area (Å²) in [6.07, 6.45) is 0.650. The van der Waals surface area contributed by atoms with Crippen LogP contribution in [0, 0.1) is 5.92 Å². The number of hydrogen-bond donors (Lipinski definition) is 3. The van der Waals surface area contributed by atoms with Crippen molar-refractivity contribution in [2.24, 2.45) is 5.92 Å². The first-order chi connectivity index (χ1) is 9.58. The molecule has 0 bridgehead atoms. The summed E-state index contributed by atoms with van der Waals surface area (Å²) in [7, 11) is 0. The second-order valence-electron chi connectivity index (χ2n) is 4.67. The van der Waals surface area contributed by atoms with Crippen LogP contribution in [-0.2, 0) is 14.4 Å². The van der Waals surface area contributed by atoms with Crippen molar-refractivity contribution in [3.63, 3.8) is 0 Å². The average Bonchev–Trinajstić information content (AvgIpc) is 2.87. The molecule has 0 saturated carbocycles. The molecule has 1 heterocycles. The molecule has 0 spiro atoms. The molecule has 1 atom stereocenters. The zero-order valence-corrected chi connectivity index (χ0v) is 11.2. The Morgan fingerprint density at radius 2 is 1.80 bits per heavy atom. The molecule has 0 aliphatic carbocycles. The second kappa shape index (κ2) is 6.18. The van der Waals surface area contributed by atoms with Gasteiger partial charge in [0.15, 0.2) is 0 Å². The molecule has 3 amide bonds. The predicted molar refractivity (Wildman–Crippen MR) is 75.1 cm³/mol. The molecule has 1 saturated heterocycles. The van der Waals surface area contributed by atoms with Crippen molar-refractivity contribution in [2.75, 3.05) is 17.2 Å². The van der Waals surface area contributed by atoms with Gasteiger partial charge in [0.05, 0.1) is 5.92 Å². The number of amides is 3. The molecule has 106 valence electrons. The van der Waals surface area contributed by atoms with Crippen molar-refractivity contribution < 1.29 is 14.4 Å². The summed E-state index contributed by atoms with van der Waals surface area (Å²) in [4.78, 5) is 34.2. The van der Waals surface area contributed by atoms with Crippen molar-refractivity contribution in [1.82, 2.24) is 5.32 Å². The van der Waals surface area contributed by atoms with Crippen molar-refractivity contribution in [1.29, 1.82) is 0 Å². The molecule has 1 aromatic carbocycles. The number of nitrogens with one attached hydrogen (secondary N) is 3. The van der Waals surface area contributed by atoms with Gasteiger partial charge in [0, 0.05) is 30.8 Å². The second-order valence-corrected chi connectivity index (χ2v) is 4.67. The molecule has 0 aromatic heterocycles.